The van der Waals surface area contributed by atoms with E-state index in [2.05, 4.69) is 15.5 Å². The molecule has 3 rings (SSSR count). The Bertz CT molecular complexity index is 924. The minimum Gasteiger partial charge on any atom is -0.497 e. The average Bonchev–Trinajstić information content (AvgIpc) is 3.11. The van der Waals surface area contributed by atoms with E-state index in [0.29, 0.717) is 16.4 Å². The number of aromatic nitrogens is 1. The normalized spacial score (nSPS) is 10.8. The smallest absolute Gasteiger partial charge is 0.270 e. The molecule has 126 valence electrons. The molecule has 0 amide bonds. The van der Waals surface area contributed by atoms with Crippen LogP contribution in [0.15, 0.2) is 59.0 Å². The van der Waals surface area contributed by atoms with Gasteiger partial charge in [-0.3, -0.25) is 15.5 Å². The molecule has 3 aromatic rings. The zero-order valence-corrected chi connectivity index (χ0v) is 14.1. The van der Waals surface area contributed by atoms with Gasteiger partial charge in [0.15, 0.2) is 0 Å². The van der Waals surface area contributed by atoms with Crippen LogP contribution in [-0.2, 0) is 0 Å². The molecule has 0 unspecified atom stereocenters. The maximum absolute atomic E-state index is 10.9. The number of ether oxygens (including phenoxy) is 1. The van der Waals surface area contributed by atoms with Crippen molar-refractivity contribution in [1.82, 2.24) is 4.98 Å². The van der Waals surface area contributed by atoms with Gasteiger partial charge in [0.25, 0.3) is 5.69 Å². The summed E-state index contributed by atoms with van der Waals surface area (Å²) in [5.41, 5.74) is 5.14. The van der Waals surface area contributed by atoms with Gasteiger partial charge in [0.2, 0.25) is 5.13 Å². The fourth-order valence-electron chi connectivity index (χ4n) is 2.12. The van der Waals surface area contributed by atoms with Gasteiger partial charge in [-0.25, -0.2) is 4.98 Å². The molecule has 25 heavy (non-hydrogen) atoms. The number of non-ortho nitro benzene ring substituents is 1. The SMILES string of the molecule is COc1cccc(/C=N/Nc2nc(-c3cccc([N+](=O)[O-])c3)cs2)c1. The first-order valence-electron chi connectivity index (χ1n) is 7.29. The molecule has 0 aliphatic rings. The topological polar surface area (TPSA) is 89.7 Å². The molecule has 2 aromatic carbocycles. The Labute approximate surface area is 147 Å². The van der Waals surface area contributed by atoms with Crippen LogP contribution in [0.3, 0.4) is 0 Å². The molecule has 0 atom stereocenters. The van der Waals surface area contributed by atoms with Gasteiger partial charge in [-0.1, -0.05) is 24.3 Å². The molecular formula is C17H14N4O3S. The Morgan fingerprint density at radius 3 is 2.92 bits per heavy atom. The number of hydrogen-bond donors (Lipinski definition) is 1. The van der Waals surface area contributed by atoms with Crippen LogP contribution in [0.4, 0.5) is 10.8 Å². The molecule has 0 saturated heterocycles. The molecule has 7 nitrogen and oxygen atoms in total. The fraction of sp³-hybridized carbons (Fsp3) is 0.0588. The summed E-state index contributed by atoms with van der Waals surface area (Å²) in [5.74, 6) is 0.756. The van der Waals surface area contributed by atoms with Gasteiger partial charge in [-0.05, 0) is 17.7 Å². The van der Waals surface area contributed by atoms with Gasteiger partial charge in [0.05, 0.1) is 23.9 Å². The van der Waals surface area contributed by atoms with Crippen LogP contribution >= 0.6 is 11.3 Å². The summed E-state index contributed by atoms with van der Waals surface area (Å²) in [6, 6.07) is 13.9. The van der Waals surface area contributed by atoms with Crippen molar-refractivity contribution in [2.75, 3.05) is 12.5 Å². The maximum Gasteiger partial charge on any atom is 0.270 e. The summed E-state index contributed by atoms with van der Waals surface area (Å²) in [6.07, 6.45) is 1.66. The highest BCUT2D eigenvalue weighted by Gasteiger charge is 2.09. The molecule has 0 bridgehead atoms. The second-order valence-corrected chi connectivity index (χ2v) is 5.85. The second kappa shape index (κ2) is 7.54. The van der Waals surface area contributed by atoms with Crippen molar-refractivity contribution in [3.8, 4) is 17.0 Å². The van der Waals surface area contributed by atoms with E-state index in [1.54, 1.807) is 25.5 Å². The standard InChI is InChI=1S/C17H14N4O3S/c1-24-15-7-2-4-12(8-15)10-18-20-17-19-16(11-25-17)13-5-3-6-14(9-13)21(22)23/h2-11H,1H3,(H,19,20)/b18-10+. The van der Waals surface area contributed by atoms with E-state index in [9.17, 15) is 10.1 Å². The lowest BCUT2D eigenvalue weighted by molar-refractivity contribution is -0.384. The van der Waals surface area contributed by atoms with Crippen molar-refractivity contribution in [3.63, 3.8) is 0 Å². The van der Waals surface area contributed by atoms with Crippen LogP contribution in [0.1, 0.15) is 5.56 Å². The predicted molar refractivity (Wildman–Crippen MR) is 98.4 cm³/mol. The van der Waals surface area contributed by atoms with Crippen LogP contribution in [0.5, 0.6) is 5.75 Å². The number of nitrogens with zero attached hydrogens (tertiary/aromatic N) is 3. The van der Waals surface area contributed by atoms with Crippen LogP contribution < -0.4 is 10.2 Å². The van der Waals surface area contributed by atoms with Crippen molar-refractivity contribution in [3.05, 3.63) is 69.6 Å². The number of benzene rings is 2. The van der Waals surface area contributed by atoms with Crippen molar-refractivity contribution in [2.24, 2.45) is 5.10 Å². The third kappa shape index (κ3) is 4.18. The highest BCUT2D eigenvalue weighted by Crippen LogP contribution is 2.27. The number of hydrogen-bond acceptors (Lipinski definition) is 7. The van der Waals surface area contributed by atoms with Crippen LogP contribution in [0, 0.1) is 10.1 Å². The molecule has 0 radical (unpaired) electrons. The minimum absolute atomic E-state index is 0.0380. The first kappa shape index (κ1) is 16.6. The molecule has 8 heteroatoms. The average molecular weight is 354 g/mol. The minimum atomic E-state index is -0.423. The Balaban J connectivity index is 1.70. The molecular weight excluding hydrogens is 340 g/mol. The largest absolute Gasteiger partial charge is 0.497 e. The third-order valence-corrected chi connectivity index (χ3v) is 4.07. The summed E-state index contributed by atoms with van der Waals surface area (Å²) in [4.78, 5) is 14.8. The quantitative estimate of drug-likeness (QED) is 0.407. The number of thiazole rings is 1. The lowest BCUT2D eigenvalue weighted by Crippen LogP contribution is -1.91. The zero-order chi connectivity index (χ0) is 17.6. The van der Waals surface area contributed by atoms with E-state index in [1.165, 1.54) is 23.5 Å². The number of nitro groups is 1. The maximum atomic E-state index is 10.9. The highest BCUT2D eigenvalue weighted by atomic mass is 32.1. The number of rotatable bonds is 6. The predicted octanol–water partition coefficient (Wildman–Crippen LogP) is 4.17. The van der Waals surface area contributed by atoms with Gasteiger partial charge in [0.1, 0.15) is 5.75 Å². The number of nitro benzene ring substituents is 1. The van der Waals surface area contributed by atoms with Gasteiger partial charge in [-0.2, -0.15) is 5.10 Å². The Kier molecular flexibility index (Phi) is 5.00. The lowest BCUT2D eigenvalue weighted by Gasteiger charge is -1.99. The number of nitrogens with one attached hydrogen (secondary N) is 1. The van der Waals surface area contributed by atoms with Crippen molar-refractivity contribution >= 4 is 28.4 Å². The van der Waals surface area contributed by atoms with Crippen molar-refractivity contribution in [1.29, 1.82) is 0 Å². The molecule has 0 spiro atoms. The van der Waals surface area contributed by atoms with Crippen LogP contribution in [0.2, 0.25) is 0 Å². The summed E-state index contributed by atoms with van der Waals surface area (Å²) in [6.45, 7) is 0. The van der Waals surface area contributed by atoms with Crippen LogP contribution in [0.25, 0.3) is 11.3 Å². The van der Waals surface area contributed by atoms with Gasteiger partial charge in [0, 0.05) is 23.1 Å². The molecule has 0 aliphatic carbocycles. The van der Waals surface area contributed by atoms with E-state index >= 15 is 0 Å². The summed E-state index contributed by atoms with van der Waals surface area (Å²) >= 11 is 1.37. The molecule has 1 aromatic heterocycles. The Hall–Kier alpha value is -3.26. The van der Waals surface area contributed by atoms with E-state index in [-0.39, 0.29) is 5.69 Å². The Morgan fingerprint density at radius 2 is 2.12 bits per heavy atom. The zero-order valence-electron chi connectivity index (χ0n) is 13.2. The fourth-order valence-corrected chi connectivity index (χ4v) is 2.79. The summed E-state index contributed by atoms with van der Waals surface area (Å²) < 4.78 is 5.16. The molecule has 1 heterocycles. The van der Waals surface area contributed by atoms with E-state index in [0.717, 1.165) is 11.3 Å². The number of hydrazone groups is 1. The second-order valence-electron chi connectivity index (χ2n) is 4.99. The number of anilines is 1. The van der Waals surface area contributed by atoms with E-state index in [1.807, 2.05) is 29.6 Å². The summed E-state index contributed by atoms with van der Waals surface area (Å²) in [5, 5.41) is 17.4. The highest BCUT2D eigenvalue weighted by molar-refractivity contribution is 7.14. The first-order valence-corrected chi connectivity index (χ1v) is 8.17. The molecule has 0 fully saturated rings. The summed E-state index contributed by atoms with van der Waals surface area (Å²) in [7, 11) is 1.61. The van der Waals surface area contributed by atoms with Gasteiger partial charge in [-0.15, -0.1) is 11.3 Å². The Morgan fingerprint density at radius 1 is 1.28 bits per heavy atom. The first-order chi connectivity index (χ1) is 12.2. The van der Waals surface area contributed by atoms with Crippen LogP contribution in [-0.4, -0.2) is 23.2 Å². The molecule has 0 saturated carbocycles. The van der Waals surface area contributed by atoms with Crippen molar-refractivity contribution < 1.29 is 9.66 Å². The lowest BCUT2D eigenvalue weighted by atomic mass is 10.1. The number of methoxy groups -OCH3 is 1. The van der Waals surface area contributed by atoms with Crippen molar-refractivity contribution in [2.45, 2.75) is 0 Å². The monoisotopic (exact) mass is 354 g/mol. The molecule has 0 aliphatic heterocycles. The van der Waals surface area contributed by atoms with Gasteiger partial charge < -0.3 is 4.74 Å². The third-order valence-electron chi connectivity index (χ3n) is 3.32. The van der Waals surface area contributed by atoms with E-state index in [4.69, 9.17) is 4.74 Å². The van der Waals surface area contributed by atoms with Gasteiger partial charge >= 0.3 is 0 Å². The molecule has 1 N–H and O–H groups in total. The van der Waals surface area contributed by atoms with E-state index < -0.39 is 4.92 Å².